The minimum Gasteiger partial charge on any atom is -0.494 e. The third-order valence-corrected chi connectivity index (χ3v) is 3.84. The Bertz CT molecular complexity index is 473. The van der Waals surface area contributed by atoms with Crippen molar-refractivity contribution in [1.82, 2.24) is 0 Å². The smallest absolute Gasteiger partial charge is 0.305 e. The fourth-order valence-corrected chi connectivity index (χ4v) is 2.69. The number of unbranched alkanes of at least 4 members (excludes halogenated alkanes) is 2. The third kappa shape index (κ3) is 4.74. The molecule has 1 atom stereocenters. The topological polar surface area (TPSA) is 61.5 Å². The predicted octanol–water partition coefficient (Wildman–Crippen LogP) is 3.13. The molecule has 21 heavy (non-hydrogen) atoms. The Morgan fingerprint density at radius 1 is 1.33 bits per heavy atom. The fraction of sp³-hybridized carbons (Fsp3) is 0.588. The van der Waals surface area contributed by atoms with Gasteiger partial charge >= 0.3 is 5.97 Å². The Balaban J connectivity index is 1.62. The van der Waals surface area contributed by atoms with Gasteiger partial charge in [-0.25, -0.2) is 0 Å². The summed E-state index contributed by atoms with van der Waals surface area (Å²) >= 11 is 0. The largest absolute Gasteiger partial charge is 0.494 e. The van der Waals surface area contributed by atoms with E-state index in [4.69, 9.17) is 15.2 Å². The van der Waals surface area contributed by atoms with E-state index < -0.39 is 0 Å². The third-order valence-electron chi connectivity index (χ3n) is 3.84. The van der Waals surface area contributed by atoms with Gasteiger partial charge in [0.25, 0.3) is 0 Å². The van der Waals surface area contributed by atoms with Gasteiger partial charge in [-0.3, -0.25) is 4.79 Å². The molecule has 0 saturated heterocycles. The summed E-state index contributed by atoms with van der Waals surface area (Å²) in [5.41, 5.74) is 8.60. The second-order valence-electron chi connectivity index (χ2n) is 5.47. The van der Waals surface area contributed by atoms with Crippen molar-refractivity contribution in [2.75, 3.05) is 13.2 Å². The van der Waals surface area contributed by atoms with Gasteiger partial charge in [0.05, 0.1) is 13.2 Å². The van der Waals surface area contributed by atoms with E-state index >= 15 is 0 Å². The quantitative estimate of drug-likeness (QED) is 0.590. The molecule has 0 amide bonds. The van der Waals surface area contributed by atoms with Gasteiger partial charge in [0, 0.05) is 12.5 Å². The summed E-state index contributed by atoms with van der Waals surface area (Å²) < 4.78 is 10.7. The minimum atomic E-state index is -0.103. The molecule has 4 nitrogen and oxygen atoms in total. The van der Waals surface area contributed by atoms with Gasteiger partial charge in [-0.05, 0) is 62.3 Å². The van der Waals surface area contributed by atoms with Crippen LogP contribution >= 0.6 is 0 Å². The standard InChI is InChI=1S/C17H25NO3/c1-2-20-17(19)6-4-3-5-11-21-14-8-9-15-13(12-14)7-10-16(15)18/h8-9,12,16H,2-7,10-11,18H2,1H3/t16-/m1/s1. The molecule has 4 heteroatoms. The van der Waals surface area contributed by atoms with Crippen LogP contribution in [0, 0.1) is 0 Å². The van der Waals surface area contributed by atoms with Gasteiger partial charge in [-0.2, -0.15) is 0 Å². The van der Waals surface area contributed by atoms with E-state index in [0.29, 0.717) is 19.6 Å². The van der Waals surface area contributed by atoms with E-state index in [2.05, 4.69) is 12.1 Å². The van der Waals surface area contributed by atoms with E-state index in [-0.39, 0.29) is 12.0 Å². The van der Waals surface area contributed by atoms with Gasteiger partial charge < -0.3 is 15.2 Å². The Morgan fingerprint density at radius 3 is 3.00 bits per heavy atom. The summed E-state index contributed by atoms with van der Waals surface area (Å²) in [6.45, 7) is 2.98. The van der Waals surface area contributed by atoms with Gasteiger partial charge in [-0.15, -0.1) is 0 Å². The van der Waals surface area contributed by atoms with Crippen LogP contribution in [0.25, 0.3) is 0 Å². The van der Waals surface area contributed by atoms with Gasteiger partial charge in [-0.1, -0.05) is 6.07 Å². The first-order valence-electron chi connectivity index (χ1n) is 7.87. The number of nitrogens with two attached hydrogens (primary N) is 1. The normalized spacial score (nSPS) is 16.6. The molecule has 1 aliphatic rings. The van der Waals surface area contributed by atoms with Gasteiger partial charge in [0.15, 0.2) is 0 Å². The zero-order valence-corrected chi connectivity index (χ0v) is 12.8. The van der Waals surface area contributed by atoms with Crippen LogP contribution < -0.4 is 10.5 Å². The van der Waals surface area contributed by atoms with Crippen molar-refractivity contribution < 1.29 is 14.3 Å². The lowest BCUT2D eigenvalue weighted by atomic mass is 10.1. The van der Waals surface area contributed by atoms with Crippen LogP contribution in [0.2, 0.25) is 0 Å². The molecule has 0 aromatic heterocycles. The first-order valence-corrected chi connectivity index (χ1v) is 7.87. The van der Waals surface area contributed by atoms with E-state index in [1.807, 2.05) is 13.0 Å². The monoisotopic (exact) mass is 291 g/mol. The number of fused-ring (bicyclic) bond motifs is 1. The molecular weight excluding hydrogens is 266 g/mol. The molecule has 0 saturated carbocycles. The second kappa shape index (κ2) is 8.03. The molecule has 0 aliphatic heterocycles. The first kappa shape index (κ1) is 15.8. The molecule has 0 heterocycles. The highest BCUT2D eigenvalue weighted by atomic mass is 16.5. The summed E-state index contributed by atoms with van der Waals surface area (Å²) in [6, 6.07) is 6.39. The summed E-state index contributed by atoms with van der Waals surface area (Å²) in [5, 5.41) is 0. The number of hydrogen-bond donors (Lipinski definition) is 1. The average Bonchev–Trinajstić information content (AvgIpc) is 2.84. The van der Waals surface area contributed by atoms with Crippen molar-refractivity contribution in [1.29, 1.82) is 0 Å². The summed E-state index contributed by atoms with van der Waals surface area (Å²) in [6.07, 6.45) is 5.39. The van der Waals surface area contributed by atoms with Crippen LogP contribution in [0.15, 0.2) is 18.2 Å². The molecule has 2 rings (SSSR count). The van der Waals surface area contributed by atoms with Crippen LogP contribution in [0.4, 0.5) is 0 Å². The number of carbonyl (C=O) groups excluding carboxylic acids is 1. The summed E-state index contributed by atoms with van der Waals surface area (Å²) in [7, 11) is 0. The Morgan fingerprint density at radius 2 is 2.19 bits per heavy atom. The summed E-state index contributed by atoms with van der Waals surface area (Å²) in [4.78, 5) is 11.2. The minimum absolute atomic E-state index is 0.103. The fourth-order valence-electron chi connectivity index (χ4n) is 2.69. The van der Waals surface area contributed by atoms with Gasteiger partial charge in [0.2, 0.25) is 0 Å². The molecule has 116 valence electrons. The highest BCUT2D eigenvalue weighted by Gasteiger charge is 2.18. The number of aryl methyl sites for hydroxylation is 1. The molecule has 0 bridgehead atoms. The Hall–Kier alpha value is -1.55. The molecule has 0 fully saturated rings. The van der Waals surface area contributed by atoms with Gasteiger partial charge in [0.1, 0.15) is 5.75 Å². The van der Waals surface area contributed by atoms with Crippen molar-refractivity contribution in [2.24, 2.45) is 5.73 Å². The van der Waals surface area contributed by atoms with Crippen LogP contribution in [-0.4, -0.2) is 19.2 Å². The lowest BCUT2D eigenvalue weighted by Gasteiger charge is -2.09. The number of benzene rings is 1. The zero-order chi connectivity index (χ0) is 15.1. The molecule has 0 radical (unpaired) electrons. The highest BCUT2D eigenvalue weighted by molar-refractivity contribution is 5.69. The van der Waals surface area contributed by atoms with Crippen molar-refractivity contribution in [3.8, 4) is 5.75 Å². The Kier molecular flexibility index (Phi) is 6.05. The predicted molar refractivity (Wildman–Crippen MR) is 82.3 cm³/mol. The van der Waals surface area contributed by atoms with Crippen molar-refractivity contribution in [3.63, 3.8) is 0 Å². The van der Waals surface area contributed by atoms with Crippen LogP contribution in [0.3, 0.4) is 0 Å². The summed E-state index contributed by atoms with van der Waals surface area (Å²) in [5.74, 6) is 0.821. The second-order valence-corrected chi connectivity index (χ2v) is 5.47. The van der Waals surface area contributed by atoms with Crippen molar-refractivity contribution >= 4 is 5.97 Å². The van der Waals surface area contributed by atoms with E-state index in [0.717, 1.165) is 37.9 Å². The molecule has 1 aliphatic carbocycles. The van der Waals surface area contributed by atoms with Crippen molar-refractivity contribution in [2.45, 2.75) is 51.5 Å². The zero-order valence-electron chi connectivity index (χ0n) is 12.8. The maximum Gasteiger partial charge on any atom is 0.305 e. The van der Waals surface area contributed by atoms with Crippen LogP contribution in [0.1, 0.15) is 56.2 Å². The highest BCUT2D eigenvalue weighted by Crippen LogP contribution is 2.31. The van der Waals surface area contributed by atoms with Crippen LogP contribution in [-0.2, 0) is 16.0 Å². The lowest BCUT2D eigenvalue weighted by molar-refractivity contribution is -0.143. The van der Waals surface area contributed by atoms with E-state index in [9.17, 15) is 4.79 Å². The number of esters is 1. The van der Waals surface area contributed by atoms with Crippen LogP contribution in [0.5, 0.6) is 5.75 Å². The lowest BCUT2D eigenvalue weighted by Crippen LogP contribution is -2.05. The molecule has 0 spiro atoms. The molecule has 2 N–H and O–H groups in total. The molecule has 1 aromatic carbocycles. The average molecular weight is 291 g/mol. The number of ether oxygens (including phenoxy) is 2. The molecule has 0 unspecified atom stereocenters. The Labute approximate surface area is 126 Å². The number of rotatable bonds is 8. The van der Waals surface area contributed by atoms with E-state index in [1.165, 1.54) is 11.1 Å². The molecular formula is C17H25NO3. The maximum atomic E-state index is 11.2. The maximum absolute atomic E-state index is 11.2. The SMILES string of the molecule is CCOC(=O)CCCCCOc1ccc2c(c1)CC[C@H]2N. The van der Waals surface area contributed by atoms with E-state index in [1.54, 1.807) is 0 Å². The first-order chi connectivity index (χ1) is 10.2. The number of hydrogen-bond acceptors (Lipinski definition) is 4. The van der Waals surface area contributed by atoms with Crippen molar-refractivity contribution in [3.05, 3.63) is 29.3 Å². The number of carbonyl (C=O) groups is 1. The molecule has 1 aromatic rings.